The van der Waals surface area contributed by atoms with Gasteiger partial charge in [-0.1, -0.05) is 0 Å². The van der Waals surface area contributed by atoms with E-state index in [1.165, 1.54) is 30.4 Å². The third kappa shape index (κ3) is 2.52. The minimum absolute atomic E-state index is 0.0642. The van der Waals surface area contributed by atoms with Gasteiger partial charge >= 0.3 is 5.97 Å². The van der Waals surface area contributed by atoms with Crippen molar-refractivity contribution in [1.29, 1.82) is 0 Å². The van der Waals surface area contributed by atoms with Crippen LogP contribution in [-0.2, 0) is 0 Å². The smallest absolute Gasteiger partial charge is 0.340 e. The highest BCUT2D eigenvalue weighted by atomic mass is 32.1. The SMILES string of the molecule is COc1csc(C(=O)N(C)c2snc(C)c2C(=O)O)c1. The van der Waals surface area contributed by atoms with Gasteiger partial charge < -0.3 is 14.7 Å². The molecule has 1 N–H and O–H groups in total. The molecule has 1 amide bonds. The van der Waals surface area contributed by atoms with Crippen LogP contribution in [0.5, 0.6) is 5.75 Å². The molecule has 0 aliphatic carbocycles. The number of nitrogens with zero attached hydrogens (tertiary/aromatic N) is 2. The van der Waals surface area contributed by atoms with Gasteiger partial charge in [-0.2, -0.15) is 4.37 Å². The average molecular weight is 312 g/mol. The van der Waals surface area contributed by atoms with Crippen molar-refractivity contribution in [2.75, 3.05) is 19.1 Å². The summed E-state index contributed by atoms with van der Waals surface area (Å²) in [6.07, 6.45) is 0. The number of hydrogen-bond acceptors (Lipinski definition) is 6. The highest BCUT2D eigenvalue weighted by molar-refractivity contribution is 7.13. The van der Waals surface area contributed by atoms with Gasteiger partial charge in [-0.25, -0.2) is 4.79 Å². The van der Waals surface area contributed by atoms with E-state index in [9.17, 15) is 14.7 Å². The fraction of sp³-hybridized carbons (Fsp3) is 0.250. The molecule has 2 heterocycles. The van der Waals surface area contributed by atoms with Gasteiger partial charge in [-0.05, 0) is 18.5 Å². The largest absolute Gasteiger partial charge is 0.496 e. The zero-order valence-electron chi connectivity index (χ0n) is 11.0. The van der Waals surface area contributed by atoms with E-state index in [1.54, 1.807) is 18.4 Å². The number of aromatic carboxylic acids is 1. The Bertz CT molecular complexity index is 662. The molecule has 0 saturated carbocycles. The molecule has 2 aromatic heterocycles. The summed E-state index contributed by atoms with van der Waals surface area (Å²) in [7, 11) is 3.06. The maximum Gasteiger partial charge on any atom is 0.340 e. The number of carboxylic acid groups (broad SMARTS) is 1. The van der Waals surface area contributed by atoms with E-state index in [0.29, 0.717) is 21.3 Å². The Morgan fingerprint density at radius 1 is 1.45 bits per heavy atom. The van der Waals surface area contributed by atoms with Crippen molar-refractivity contribution in [3.63, 3.8) is 0 Å². The standard InChI is InChI=1S/C12H12N2O4S2/c1-6-9(12(16)17)11(20-13-6)14(2)10(15)8-4-7(18-3)5-19-8/h4-5H,1-3H3,(H,16,17). The van der Waals surface area contributed by atoms with Crippen LogP contribution in [0.15, 0.2) is 11.4 Å². The first-order valence-corrected chi connectivity index (χ1v) is 7.21. The maximum absolute atomic E-state index is 12.3. The monoisotopic (exact) mass is 312 g/mol. The molecule has 0 radical (unpaired) electrons. The molecule has 2 aromatic rings. The zero-order chi connectivity index (χ0) is 14.9. The van der Waals surface area contributed by atoms with Crippen molar-refractivity contribution in [2.45, 2.75) is 6.92 Å². The van der Waals surface area contributed by atoms with Crippen LogP contribution in [-0.4, -0.2) is 35.5 Å². The lowest BCUT2D eigenvalue weighted by Gasteiger charge is -2.14. The number of rotatable bonds is 4. The average Bonchev–Trinajstić information content (AvgIpc) is 3.03. The minimum atomic E-state index is -1.09. The highest BCUT2D eigenvalue weighted by Gasteiger charge is 2.25. The Labute approximate surface area is 123 Å². The molecule has 0 unspecified atom stereocenters. The third-order valence-corrected chi connectivity index (χ3v) is 4.60. The third-order valence-electron chi connectivity index (χ3n) is 2.69. The number of ether oxygens (including phenoxy) is 1. The summed E-state index contributed by atoms with van der Waals surface area (Å²) in [6.45, 7) is 1.61. The van der Waals surface area contributed by atoms with E-state index in [4.69, 9.17) is 4.74 Å². The van der Waals surface area contributed by atoms with E-state index >= 15 is 0 Å². The molecule has 0 fully saturated rings. The summed E-state index contributed by atoms with van der Waals surface area (Å²) in [6, 6.07) is 1.62. The molecule has 0 saturated heterocycles. The van der Waals surface area contributed by atoms with Gasteiger partial charge in [0.15, 0.2) is 0 Å². The van der Waals surface area contributed by atoms with Crippen molar-refractivity contribution in [1.82, 2.24) is 4.37 Å². The Hall–Kier alpha value is -1.93. The van der Waals surface area contributed by atoms with Crippen molar-refractivity contribution < 1.29 is 19.4 Å². The summed E-state index contributed by atoms with van der Waals surface area (Å²) in [4.78, 5) is 25.3. The van der Waals surface area contributed by atoms with E-state index in [2.05, 4.69) is 4.37 Å². The second-order valence-corrected chi connectivity index (χ2v) is 5.63. The first-order valence-electron chi connectivity index (χ1n) is 5.55. The number of carbonyl (C=O) groups is 2. The molecule has 106 valence electrons. The van der Waals surface area contributed by atoms with Crippen LogP contribution in [0.2, 0.25) is 0 Å². The van der Waals surface area contributed by atoms with Gasteiger partial charge in [-0.15, -0.1) is 11.3 Å². The second-order valence-electron chi connectivity index (χ2n) is 3.97. The Balaban J connectivity index is 2.33. The van der Waals surface area contributed by atoms with Crippen molar-refractivity contribution in [2.24, 2.45) is 0 Å². The molecular weight excluding hydrogens is 300 g/mol. The van der Waals surface area contributed by atoms with E-state index in [1.807, 2.05) is 0 Å². The van der Waals surface area contributed by atoms with E-state index in [0.717, 1.165) is 11.5 Å². The molecule has 8 heteroatoms. The van der Waals surface area contributed by atoms with Crippen LogP contribution in [0.1, 0.15) is 25.7 Å². The number of amides is 1. The molecule has 6 nitrogen and oxygen atoms in total. The molecule has 0 bridgehead atoms. The topological polar surface area (TPSA) is 79.7 Å². The number of aromatic nitrogens is 1. The molecule has 2 rings (SSSR count). The van der Waals surface area contributed by atoms with Gasteiger partial charge in [0.2, 0.25) is 0 Å². The quantitative estimate of drug-likeness (QED) is 0.938. The Morgan fingerprint density at radius 3 is 2.70 bits per heavy atom. The van der Waals surface area contributed by atoms with Crippen molar-refractivity contribution in [3.8, 4) is 5.75 Å². The number of anilines is 1. The molecular formula is C12H12N2O4S2. The fourth-order valence-corrected chi connectivity index (χ4v) is 3.30. The van der Waals surface area contributed by atoms with Crippen molar-refractivity contribution in [3.05, 3.63) is 27.6 Å². The highest BCUT2D eigenvalue weighted by Crippen LogP contribution is 2.30. The van der Waals surface area contributed by atoms with E-state index < -0.39 is 5.97 Å². The first kappa shape index (κ1) is 14.5. The van der Waals surface area contributed by atoms with Crippen LogP contribution >= 0.6 is 22.9 Å². The van der Waals surface area contributed by atoms with Gasteiger partial charge in [0.25, 0.3) is 5.91 Å². The summed E-state index contributed by atoms with van der Waals surface area (Å²) in [5, 5.41) is 11.2. The second kappa shape index (κ2) is 5.59. The normalized spacial score (nSPS) is 10.3. The lowest BCUT2D eigenvalue weighted by Crippen LogP contribution is -2.26. The lowest BCUT2D eigenvalue weighted by atomic mass is 10.2. The van der Waals surface area contributed by atoms with Gasteiger partial charge in [0.05, 0.1) is 17.7 Å². The summed E-state index contributed by atoms with van der Waals surface area (Å²) < 4.78 is 9.03. The predicted octanol–water partition coefficient (Wildman–Crippen LogP) is 2.50. The fourth-order valence-electron chi connectivity index (χ4n) is 1.63. The molecule has 0 aliphatic rings. The van der Waals surface area contributed by atoms with Crippen LogP contribution in [0.3, 0.4) is 0 Å². The number of hydrogen-bond donors (Lipinski definition) is 1. The lowest BCUT2D eigenvalue weighted by molar-refractivity contribution is 0.0697. The van der Waals surface area contributed by atoms with Gasteiger partial charge in [-0.3, -0.25) is 4.79 Å². The number of methoxy groups -OCH3 is 1. The van der Waals surface area contributed by atoms with Crippen LogP contribution in [0.4, 0.5) is 5.00 Å². The summed E-state index contributed by atoms with van der Waals surface area (Å²) in [5.74, 6) is -0.773. The van der Waals surface area contributed by atoms with E-state index in [-0.39, 0.29) is 11.5 Å². The van der Waals surface area contributed by atoms with Gasteiger partial charge in [0, 0.05) is 18.5 Å². The number of thiophene rings is 1. The summed E-state index contributed by atoms with van der Waals surface area (Å²) in [5.41, 5.74) is 0.468. The zero-order valence-corrected chi connectivity index (χ0v) is 12.7. The number of carboxylic acids is 1. The molecule has 20 heavy (non-hydrogen) atoms. The van der Waals surface area contributed by atoms with Crippen molar-refractivity contribution >= 4 is 39.7 Å². The molecule has 0 spiro atoms. The molecule has 0 aromatic carbocycles. The minimum Gasteiger partial charge on any atom is -0.496 e. The summed E-state index contributed by atoms with van der Waals surface area (Å²) >= 11 is 2.24. The number of aryl methyl sites for hydroxylation is 1. The van der Waals surface area contributed by atoms with Crippen LogP contribution < -0.4 is 9.64 Å². The first-order chi connectivity index (χ1) is 9.45. The molecule has 0 aliphatic heterocycles. The van der Waals surface area contributed by atoms with Gasteiger partial charge in [0.1, 0.15) is 16.3 Å². The van der Waals surface area contributed by atoms with Crippen LogP contribution in [0, 0.1) is 6.92 Å². The van der Waals surface area contributed by atoms with Crippen LogP contribution in [0.25, 0.3) is 0 Å². The number of carbonyl (C=O) groups excluding carboxylic acids is 1. The maximum atomic E-state index is 12.3. The predicted molar refractivity (Wildman–Crippen MR) is 77.4 cm³/mol. The Morgan fingerprint density at radius 2 is 2.15 bits per heavy atom. The molecule has 0 atom stereocenters. The Kier molecular flexibility index (Phi) is 4.05.